The molecule has 0 aromatic heterocycles. The van der Waals surface area contributed by atoms with Gasteiger partial charge in [0.15, 0.2) is 0 Å². The van der Waals surface area contributed by atoms with E-state index in [0.29, 0.717) is 6.54 Å². The Labute approximate surface area is 79.8 Å². The molecule has 0 aliphatic rings. The lowest BCUT2D eigenvalue weighted by molar-refractivity contribution is -0.117. The molecule has 0 aliphatic carbocycles. The lowest BCUT2D eigenvalue weighted by Gasteiger charge is -2.08. The topological polar surface area (TPSA) is 49.3 Å². The average Bonchev–Trinajstić information content (AvgIpc) is 2.00. The minimum atomic E-state index is -0.417. The molecule has 0 bridgehead atoms. The molecular weight excluding hydrogens is 166 g/mol. The molecule has 0 spiro atoms. The summed E-state index contributed by atoms with van der Waals surface area (Å²) in [7, 11) is 0. The zero-order chi connectivity index (χ0) is 10.3. The molecular formula is C10H19NO2. The number of allylic oxidation sites excluding steroid dienone is 1. The predicted molar refractivity (Wildman–Crippen MR) is 53.4 cm³/mol. The Hall–Kier alpha value is -0.830. The smallest absolute Gasteiger partial charge is 0.244 e. The van der Waals surface area contributed by atoms with Crippen molar-refractivity contribution >= 4 is 5.91 Å². The van der Waals surface area contributed by atoms with E-state index in [-0.39, 0.29) is 5.91 Å². The number of rotatable bonds is 5. The monoisotopic (exact) mass is 185 g/mol. The van der Waals surface area contributed by atoms with Crippen LogP contribution in [-0.2, 0) is 4.79 Å². The van der Waals surface area contributed by atoms with Gasteiger partial charge in [-0.1, -0.05) is 18.9 Å². The minimum absolute atomic E-state index is 0.129. The molecule has 0 fully saturated rings. The number of nitrogens with one attached hydrogen (secondary N) is 1. The number of amides is 1. The fourth-order valence-corrected chi connectivity index (χ4v) is 0.967. The highest BCUT2D eigenvalue weighted by Crippen LogP contribution is 1.94. The van der Waals surface area contributed by atoms with Gasteiger partial charge in [0.05, 0.1) is 6.10 Å². The second-order valence-corrected chi connectivity index (χ2v) is 3.41. The summed E-state index contributed by atoms with van der Waals surface area (Å²) in [5, 5.41) is 11.9. The second kappa shape index (κ2) is 6.66. The third-order valence-electron chi connectivity index (χ3n) is 1.55. The summed E-state index contributed by atoms with van der Waals surface area (Å²) < 4.78 is 0. The third-order valence-corrected chi connectivity index (χ3v) is 1.55. The van der Waals surface area contributed by atoms with Crippen LogP contribution in [0.1, 0.15) is 33.6 Å². The van der Waals surface area contributed by atoms with Crippen LogP contribution >= 0.6 is 0 Å². The summed E-state index contributed by atoms with van der Waals surface area (Å²) >= 11 is 0. The van der Waals surface area contributed by atoms with E-state index < -0.39 is 6.10 Å². The predicted octanol–water partition coefficient (Wildman–Crippen LogP) is 1.23. The highest BCUT2D eigenvalue weighted by molar-refractivity contribution is 5.87. The van der Waals surface area contributed by atoms with Crippen molar-refractivity contribution in [2.75, 3.05) is 6.54 Å². The van der Waals surface area contributed by atoms with Gasteiger partial charge in [-0.05, 0) is 20.3 Å². The van der Waals surface area contributed by atoms with Crippen molar-refractivity contribution in [3.63, 3.8) is 0 Å². The molecule has 3 heteroatoms. The van der Waals surface area contributed by atoms with Crippen LogP contribution in [-0.4, -0.2) is 23.7 Å². The Kier molecular flexibility index (Phi) is 6.24. The lowest BCUT2D eigenvalue weighted by Crippen LogP contribution is -2.30. The third kappa shape index (κ3) is 7.53. The summed E-state index contributed by atoms with van der Waals surface area (Å²) in [5.41, 5.74) is 0.961. The van der Waals surface area contributed by atoms with Gasteiger partial charge in [-0.3, -0.25) is 4.79 Å². The first-order chi connectivity index (χ1) is 6.06. The molecule has 0 saturated carbocycles. The van der Waals surface area contributed by atoms with Crippen LogP contribution in [0.3, 0.4) is 0 Å². The molecule has 0 aliphatic heterocycles. The molecule has 1 amide bonds. The number of carbonyl (C=O) groups excluding carboxylic acids is 1. The number of carbonyl (C=O) groups is 1. The van der Waals surface area contributed by atoms with Crippen molar-refractivity contribution in [3.05, 3.63) is 11.6 Å². The largest absolute Gasteiger partial charge is 0.391 e. The van der Waals surface area contributed by atoms with Crippen LogP contribution in [0, 0.1) is 0 Å². The molecule has 0 heterocycles. The van der Waals surface area contributed by atoms with Crippen LogP contribution in [0.5, 0.6) is 0 Å². The van der Waals surface area contributed by atoms with Gasteiger partial charge in [0.25, 0.3) is 0 Å². The summed E-state index contributed by atoms with van der Waals surface area (Å²) in [6, 6.07) is 0. The van der Waals surface area contributed by atoms with Crippen molar-refractivity contribution in [2.24, 2.45) is 0 Å². The van der Waals surface area contributed by atoms with Gasteiger partial charge >= 0.3 is 0 Å². The highest BCUT2D eigenvalue weighted by Gasteiger charge is 2.03. The van der Waals surface area contributed by atoms with Crippen molar-refractivity contribution in [1.29, 1.82) is 0 Å². The van der Waals surface area contributed by atoms with Gasteiger partial charge in [-0.25, -0.2) is 0 Å². The van der Waals surface area contributed by atoms with Crippen LogP contribution in [0.2, 0.25) is 0 Å². The van der Waals surface area contributed by atoms with Gasteiger partial charge < -0.3 is 10.4 Å². The minimum Gasteiger partial charge on any atom is -0.391 e. The van der Waals surface area contributed by atoms with E-state index in [2.05, 4.69) is 5.32 Å². The normalized spacial score (nSPS) is 12.0. The molecule has 0 saturated heterocycles. The van der Waals surface area contributed by atoms with E-state index in [4.69, 9.17) is 0 Å². The Morgan fingerprint density at radius 1 is 1.54 bits per heavy atom. The molecule has 13 heavy (non-hydrogen) atoms. The Balaban J connectivity index is 3.64. The fraction of sp³-hybridized carbons (Fsp3) is 0.700. The number of hydrogen-bond donors (Lipinski definition) is 2. The maximum atomic E-state index is 11.1. The van der Waals surface area contributed by atoms with Gasteiger partial charge in [0, 0.05) is 12.6 Å². The fourth-order valence-electron chi connectivity index (χ4n) is 0.967. The van der Waals surface area contributed by atoms with Crippen LogP contribution in [0.25, 0.3) is 0 Å². The first-order valence-electron chi connectivity index (χ1n) is 4.67. The van der Waals surface area contributed by atoms with Gasteiger partial charge in [-0.2, -0.15) is 0 Å². The second-order valence-electron chi connectivity index (χ2n) is 3.41. The highest BCUT2D eigenvalue weighted by atomic mass is 16.3. The van der Waals surface area contributed by atoms with Crippen molar-refractivity contribution in [3.8, 4) is 0 Å². The molecule has 0 rings (SSSR count). The number of aliphatic hydroxyl groups is 1. The molecule has 1 atom stereocenters. The van der Waals surface area contributed by atoms with Crippen LogP contribution in [0.4, 0.5) is 0 Å². The Morgan fingerprint density at radius 3 is 2.62 bits per heavy atom. The van der Waals surface area contributed by atoms with Crippen LogP contribution < -0.4 is 5.32 Å². The van der Waals surface area contributed by atoms with Crippen LogP contribution in [0.15, 0.2) is 11.6 Å². The lowest BCUT2D eigenvalue weighted by atomic mass is 10.2. The van der Waals surface area contributed by atoms with E-state index in [1.165, 1.54) is 6.08 Å². The van der Waals surface area contributed by atoms with Gasteiger partial charge in [0.2, 0.25) is 5.91 Å². The Bertz CT molecular complexity index is 183. The molecule has 0 aromatic carbocycles. The average molecular weight is 185 g/mol. The molecule has 1 unspecified atom stereocenters. The van der Waals surface area contributed by atoms with E-state index in [1.54, 1.807) is 0 Å². The zero-order valence-electron chi connectivity index (χ0n) is 8.63. The van der Waals surface area contributed by atoms with E-state index in [1.807, 2.05) is 20.8 Å². The van der Waals surface area contributed by atoms with E-state index >= 15 is 0 Å². The van der Waals surface area contributed by atoms with Gasteiger partial charge in [0.1, 0.15) is 0 Å². The Morgan fingerprint density at radius 2 is 2.15 bits per heavy atom. The summed E-state index contributed by atoms with van der Waals surface area (Å²) in [4.78, 5) is 11.1. The summed E-state index contributed by atoms with van der Waals surface area (Å²) in [6.07, 6.45) is 2.77. The van der Waals surface area contributed by atoms with Crippen molar-refractivity contribution < 1.29 is 9.90 Å². The number of aliphatic hydroxyl groups excluding tert-OH is 1. The van der Waals surface area contributed by atoms with Crippen molar-refractivity contribution in [1.82, 2.24) is 5.32 Å². The zero-order valence-corrected chi connectivity index (χ0v) is 8.63. The van der Waals surface area contributed by atoms with E-state index in [0.717, 1.165) is 18.4 Å². The first kappa shape index (κ1) is 12.2. The van der Waals surface area contributed by atoms with Gasteiger partial charge in [-0.15, -0.1) is 0 Å². The standard InChI is InChI=1S/C10H19NO2/c1-4-5-9(12)7-11-10(13)6-8(2)3/h6,9,12H,4-5,7H2,1-3H3,(H,11,13). The summed E-state index contributed by atoms with van der Waals surface area (Å²) in [6.45, 7) is 6.07. The maximum absolute atomic E-state index is 11.1. The summed E-state index contributed by atoms with van der Waals surface area (Å²) in [5.74, 6) is -0.129. The first-order valence-corrected chi connectivity index (χ1v) is 4.67. The SMILES string of the molecule is CCCC(O)CNC(=O)C=C(C)C. The quantitative estimate of drug-likeness (QED) is 0.633. The molecule has 2 N–H and O–H groups in total. The van der Waals surface area contributed by atoms with E-state index in [9.17, 15) is 9.90 Å². The van der Waals surface area contributed by atoms with Crippen molar-refractivity contribution in [2.45, 2.75) is 39.7 Å². The molecule has 0 aromatic rings. The molecule has 0 radical (unpaired) electrons. The maximum Gasteiger partial charge on any atom is 0.244 e. The molecule has 3 nitrogen and oxygen atoms in total. The molecule has 76 valence electrons. The number of hydrogen-bond acceptors (Lipinski definition) is 2.